The molecular formula is C21H26N2O2. The molecule has 0 unspecified atom stereocenters. The molecular weight excluding hydrogens is 312 g/mol. The highest BCUT2D eigenvalue weighted by Crippen LogP contribution is 2.16. The van der Waals surface area contributed by atoms with Crippen molar-refractivity contribution >= 4 is 5.91 Å². The van der Waals surface area contributed by atoms with Gasteiger partial charge in [0.15, 0.2) is 0 Å². The highest BCUT2D eigenvalue weighted by Gasteiger charge is 2.22. The number of benzene rings is 2. The van der Waals surface area contributed by atoms with E-state index in [1.165, 1.54) is 0 Å². The van der Waals surface area contributed by atoms with E-state index in [0.717, 1.165) is 55.2 Å². The molecule has 0 spiro atoms. The molecule has 25 heavy (non-hydrogen) atoms. The number of hydrogen-bond donors (Lipinski definition) is 0. The number of carbonyl (C=O) groups excluding carboxylic acids is 1. The first-order valence-corrected chi connectivity index (χ1v) is 8.91. The van der Waals surface area contributed by atoms with Gasteiger partial charge in [0.1, 0.15) is 12.4 Å². The second-order valence-corrected chi connectivity index (χ2v) is 6.56. The molecule has 132 valence electrons. The number of rotatable bonds is 5. The van der Waals surface area contributed by atoms with Crippen LogP contribution in [-0.4, -0.2) is 55.0 Å². The summed E-state index contributed by atoms with van der Waals surface area (Å²) in [7, 11) is 0. The fourth-order valence-corrected chi connectivity index (χ4v) is 3.16. The second kappa shape index (κ2) is 8.17. The second-order valence-electron chi connectivity index (χ2n) is 6.56. The van der Waals surface area contributed by atoms with Gasteiger partial charge in [0.2, 0.25) is 0 Å². The molecule has 0 atom stereocenters. The number of amides is 1. The maximum Gasteiger partial charge on any atom is 0.254 e. The maximum absolute atomic E-state index is 12.6. The van der Waals surface area contributed by atoms with Crippen LogP contribution in [0.15, 0.2) is 48.5 Å². The van der Waals surface area contributed by atoms with E-state index in [1.54, 1.807) is 0 Å². The van der Waals surface area contributed by atoms with Crippen LogP contribution in [0, 0.1) is 13.8 Å². The van der Waals surface area contributed by atoms with Crippen molar-refractivity contribution in [1.82, 2.24) is 9.80 Å². The first-order valence-electron chi connectivity index (χ1n) is 8.91. The average molecular weight is 338 g/mol. The fraction of sp³-hybridized carbons (Fsp3) is 0.381. The summed E-state index contributed by atoms with van der Waals surface area (Å²) in [5, 5.41) is 0. The molecule has 0 radical (unpaired) electrons. The lowest BCUT2D eigenvalue weighted by atomic mass is 10.1. The average Bonchev–Trinajstić information content (AvgIpc) is 2.64. The number of hydrogen-bond acceptors (Lipinski definition) is 3. The van der Waals surface area contributed by atoms with Crippen LogP contribution in [0.3, 0.4) is 0 Å². The lowest BCUT2D eigenvalue weighted by molar-refractivity contribution is 0.0619. The minimum Gasteiger partial charge on any atom is -0.492 e. The van der Waals surface area contributed by atoms with Gasteiger partial charge in [-0.2, -0.15) is 0 Å². The minimum absolute atomic E-state index is 0.147. The molecule has 0 bridgehead atoms. The Morgan fingerprint density at radius 2 is 1.56 bits per heavy atom. The van der Waals surface area contributed by atoms with Crippen molar-refractivity contribution in [2.24, 2.45) is 0 Å². The van der Waals surface area contributed by atoms with Crippen LogP contribution in [0.5, 0.6) is 5.75 Å². The highest BCUT2D eigenvalue weighted by molar-refractivity contribution is 5.95. The van der Waals surface area contributed by atoms with Gasteiger partial charge in [-0.3, -0.25) is 9.69 Å². The Bertz CT molecular complexity index is 721. The monoisotopic (exact) mass is 338 g/mol. The van der Waals surface area contributed by atoms with Crippen molar-refractivity contribution in [3.05, 3.63) is 65.2 Å². The summed E-state index contributed by atoms with van der Waals surface area (Å²) in [5.41, 5.74) is 3.02. The molecule has 1 aliphatic rings. The predicted molar refractivity (Wildman–Crippen MR) is 100 cm³/mol. The molecule has 1 heterocycles. The molecule has 0 aromatic heterocycles. The molecule has 4 heteroatoms. The summed E-state index contributed by atoms with van der Waals surface area (Å²) in [5.74, 6) is 1.10. The molecule has 0 N–H and O–H groups in total. The first kappa shape index (κ1) is 17.5. The van der Waals surface area contributed by atoms with Crippen LogP contribution in [0.25, 0.3) is 0 Å². The third-order valence-electron chi connectivity index (χ3n) is 4.79. The Labute approximate surface area is 150 Å². The van der Waals surface area contributed by atoms with Crippen LogP contribution >= 0.6 is 0 Å². The largest absolute Gasteiger partial charge is 0.492 e. The van der Waals surface area contributed by atoms with E-state index >= 15 is 0 Å². The summed E-state index contributed by atoms with van der Waals surface area (Å²) < 4.78 is 5.88. The van der Waals surface area contributed by atoms with Crippen molar-refractivity contribution in [2.75, 3.05) is 39.3 Å². The van der Waals surface area contributed by atoms with Crippen LogP contribution in [0.2, 0.25) is 0 Å². The normalized spacial score (nSPS) is 15.2. The molecule has 2 aromatic rings. The predicted octanol–water partition coefficient (Wildman–Crippen LogP) is 3.14. The van der Waals surface area contributed by atoms with Gasteiger partial charge in [0.25, 0.3) is 5.91 Å². The zero-order chi connectivity index (χ0) is 17.6. The molecule has 1 aliphatic heterocycles. The molecule has 2 aromatic carbocycles. The zero-order valence-electron chi connectivity index (χ0n) is 15.1. The van der Waals surface area contributed by atoms with Gasteiger partial charge in [0, 0.05) is 38.3 Å². The summed E-state index contributed by atoms with van der Waals surface area (Å²) in [6.45, 7) is 8.97. The molecule has 1 saturated heterocycles. The van der Waals surface area contributed by atoms with Crippen molar-refractivity contribution in [3.8, 4) is 5.75 Å². The van der Waals surface area contributed by atoms with Crippen LogP contribution in [-0.2, 0) is 0 Å². The topological polar surface area (TPSA) is 32.8 Å². The Kier molecular flexibility index (Phi) is 5.71. The van der Waals surface area contributed by atoms with Crippen LogP contribution in [0.4, 0.5) is 0 Å². The Morgan fingerprint density at radius 1 is 0.920 bits per heavy atom. The van der Waals surface area contributed by atoms with Gasteiger partial charge in [-0.15, -0.1) is 0 Å². The molecule has 1 fully saturated rings. The van der Waals surface area contributed by atoms with E-state index in [-0.39, 0.29) is 5.91 Å². The zero-order valence-corrected chi connectivity index (χ0v) is 15.1. The fourth-order valence-electron chi connectivity index (χ4n) is 3.16. The van der Waals surface area contributed by atoms with Gasteiger partial charge < -0.3 is 9.64 Å². The van der Waals surface area contributed by atoms with E-state index in [2.05, 4.69) is 17.9 Å². The number of para-hydroxylation sites is 1. The highest BCUT2D eigenvalue weighted by atomic mass is 16.5. The summed E-state index contributed by atoms with van der Waals surface area (Å²) in [6, 6.07) is 15.9. The number of nitrogens with zero attached hydrogens (tertiary/aromatic N) is 2. The third kappa shape index (κ3) is 4.40. The molecule has 3 rings (SSSR count). The van der Waals surface area contributed by atoms with Gasteiger partial charge in [-0.25, -0.2) is 0 Å². The Morgan fingerprint density at radius 3 is 2.24 bits per heavy atom. The molecule has 0 saturated carbocycles. The Hall–Kier alpha value is -2.33. The van der Waals surface area contributed by atoms with Gasteiger partial charge in [-0.1, -0.05) is 36.4 Å². The quantitative estimate of drug-likeness (QED) is 0.840. The number of ether oxygens (including phenoxy) is 1. The van der Waals surface area contributed by atoms with E-state index in [1.807, 2.05) is 54.3 Å². The van der Waals surface area contributed by atoms with E-state index in [4.69, 9.17) is 4.74 Å². The van der Waals surface area contributed by atoms with Crippen LogP contribution in [0.1, 0.15) is 21.5 Å². The van der Waals surface area contributed by atoms with Crippen molar-refractivity contribution in [3.63, 3.8) is 0 Å². The van der Waals surface area contributed by atoms with Crippen molar-refractivity contribution < 1.29 is 9.53 Å². The summed E-state index contributed by atoms with van der Waals surface area (Å²) >= 11 is 0. The number of carbonyl (C=O) groups is 1. The maximum atomic E-state index is 12.6. The molecule has 0 aliphatic carbocycles. The Balaban J connectivity index is 1.45. The minimum atomic E-state index is 0.147. The summed E-state index contributed by atoms with van der Waals surface area (Å²) in [4.78, 5) is 17.0. The SMILES string of the molecule is Cc1ccccc1OCCN1CCN(C(=O)c2ccccc2C)CC1. The smallest absolute Gasteiger partial charge is 0.254 e. The van der Waals surface area contributed by atoms with Gasteiger partial charge >= 0.3 is 0 Å². The van der Waals surface area contributed by atoms with Gasteiger partial charge in [-0.05, 0) is 37.1 Å². The van der Waals surface area contributed by atoms with Crippen molar-refractivity contribution in [1.29, 1.82) is 0 Å². The van der Waals surface area contributed by atoms with E-state index in [0.29, 0.717) is 6.61 Å². The first-order chi connectivity index (χ1) is 12.1. The number of piperazine rings is 1. The van der Waals surface area contributed by atoms with Gasteiger partial charge in [0.05, 0.1) is 0 Å². The molecule has 4 nitrogen and oxygen atoms in total. The number of aryl methyl sites for hydroxylation is 2. The van der Waals surface area contributed by atoms with E-state index in [9.17, 15) is 4.79 Å². The standard InChI is InChI=1S/C21H26N2O2/c1-17-7-3-5-9-19(17)21(24)23-13-11-22(12-14-23)15-16-25-20-10-6-4-8-18(20)2/h3-10H,11-16H2,1-2H3. The molecule has 1 amide bonds. The summed E-state index contributed by atoms with van der Waals surface area (Å²) in [6.07, 6.45) is 0. The van der Waals surface area contributed by atoms with Crippen LogP contribution < -0.4 is 4.74 Å². The van der Waals surface area contributed by atoms with E-state index < -0.39 is 0 Å². The lowest BCUT2D eigenvalue weighted by Gasteiger charge is -2.35. The lowest BCUT2D eigenvalue weighted by Crippen LogP contribution is -2.49. The third-order valence-corrected chi connectivity index (χ3v) is 4.79. The van der Waals surface area contributed by atoms with Crippen molar-refractivity contribution in [2.45, 2.75) is 13.8 Å².